The number of nitrogens with two attached hydrogens (primary N) is 1. The molecule has 0 aromatic heterocycles. The van der Waals surface area contributed by atoms with Crippen LogP contribution in [0.1, 0.15) is 6.42 Å². The van der Waals surface area contributed by atoms with E-state index in [0.29, 0.717) is 0 Å². The summed E-state index contributed by atoms with van der Waals surface area (Å²) in [5.74, 6) is 1.99. The highest BCUT2D eigenvalue weighted by Gasteiger charge is 1.95. The van der Waals surface area contributed by atoms with Gasteiger partial charge in [0.15, 0.2) is 0 Å². The van der Waals surface area contributed by atoms with Gasteiger partial charge in [0.2, 0.25) is 0 Å². The average Bonchev–Trinajstić information content (AvgIpc) is 2.42. The number of para-hydroxylation sites is 1. The zero-order valence-corrected chi connectivity index (χ0v) is 11.0. The number of thioether (sulfide) groups is 1. The van der Waals surface area contributed by atoms with Gasteiger partial charge in [-0.25, -0.2) is 0 Å². The van der Waals surface area contributed by atoms with Crippen molar-refractivity contribution in [3.8, 4) is 5.75 Å². The van der Waals surface area contributed by atoms with Crippen LogP contribution < -0.4 is 10.5 Å². The van der Waals surface area contributed by atoms with E-state index in [1.165, 1.54) is 4.90 Å². The Balaban J connectivity index is 1.63. The molecule has 18 heavy (non-hydrogen) atoms. The summed E-state index contributed by atoms with van der Waals surface area (Å²) >= 11 is 1.83. The van der Waals surface area contributed by atoms with E-state index < -0.39 is 0 Å². The molecule has 0 aliphatic carbocycles. The zero-order chi connectivity index (χ0) is 12.6. The van der Waals surface area contributed by atoms with Gasteiger partial charge in [0.05, 0.1) is 6.61 Å². The first kappa shape index (κ1) is 12.8. The van der Waals surface area contributed by atoms with E-state index in [9.17, 15) is 0 Å². The van der Waals surface area contributed by atoms with Crippen LogP contribution in [-0.2, 0) is 0 Å². The minimum Gasteiger partial charge on any atom is -0.494 e. The predicted molar refractivity (Wildman–Crippen MR) is 78.1 cm³/mol. The van der Waals surface area contributed by atoms with Gasteiger partial charge >= 0.3 is 0 Å². The van der Waals surface area contributed by atoms with Crippen LogP contribution in [0, 0.1) is 0 Å². The minimum atomic E-state index is 0.756. The molecule has 94 valence electrons. The first-order valence-electron chi connectivity index (χ1n) is 6.01. The predicted octanol–water partition coefficient (Wildman–Crippen LogP) is 3.83. The monoisotopic (exact) mass is 259 g/mol. The highest BCUT2D eigenvalue weighted by molar-refractivity contribution is 7.99. The fraction of sp³-hybridized carbons (Fsp3) is 0.200. The van der Waals surface area contributed by atoms with Crippen molar-refractivity contribution in [3.05, 3.63) is 54.6 Å². The average molecular weight is 259 g/mol. The van der Waals surface area contributed by atoms with Crippen LogP contribution >= 0.6 is 11.8 Å². The summed E-state index contributed by atoms with van der Waals surface area (Å²) in [4.78, 5) is 1.25. The van der Waals surface area contributed by atoms with Gasteiger partial charge in [-0.3, -0.25) is 0 Å². The molecular weight excluding hydrogens is 242 g/mol. The highest BCUT2D eigenvalue weighted by atomic mass is 32.2. The first-order valence-corrected chi connectivity index (χ1v) is 6.99. The molecule has 0 aliphatic rings. The van der Waals surface area contributed by atoms with E-state index >= 15 is 0 Å². The number of anilines is 1. The maximum atomic E-state index is 5.64. The Morgan fingerprint density at radius 1 is 0.944 bits per heavy atom. The molecule has 2 aromatic rings. The molecule has 0 saturated heterocycles. The van der Waals surface area contributed by atoms with Crippen LogP contribution in [0.5, 0.6) is 5.75 Å². The second-order valence-corrected chi connectivity index (χ2v) is 5.10. The lowest BCUT2D eigenvalue weighted by Gasteiger charge is -2.05. The van der Waals surface area contributed by atoms with Gasteiger partial charge in [0.25, 0.3) is 0 Å². The molecule has 0 heterocycles. The molecule has 2 N–H and O–H groups in total. The van der Waals surface area contributed by atoms with Gasteiger partial charge in [-0.05, 0) is 42.8 Å². The van der Waals surface area contributed by atoms with Crippen LogP contribution in [0.2, 0.25) is 0 Å². The number of ether oxygens (including phenoxy) is 1. The Kier molecular flexibility index (Phi) is 4.97. The van der Waals surface area contributed by atoms with E-state index in [-0.39, 0.29) is 0 Å². The minimum absolute atomic E-state index is 0.756. The SMILES string of the molecule is Nc1ccc(SCCCOc2ccccc2)cc1. The van der Waals surface area contributed by atoms with E-state index in [1.807, 2.05) is 54.2 Å². The first-order chi connectivity index (χ1) is 8.84. The topological polar surface area (TPSA) is 35.2 Å². The van der Waals surface area contributed by atoms with Gasteiger partial charge in [-0.15, -0.1) is 11.8 Å². The Labute approximate surface area is 112 Å². The maximum absolute atomic E-state index is 5.64. The van der Waals surface area contributed by atoms with Crippen LogP contribution in [0.3, 0.4) is 0 Å². The summed E-state index contributed by atoms with van der Waals surface area (Å²) in [6.07, 6.45) is 1.03. The number of rotatable bonds is 6. The summed E-state index contributed by atoms with van der Waals surface area (Å²) in [7, 11) is 0. The molecule has 0 unspecified atom stereocenters. The Morgan fingerprint density at radius 2 is 1.67 bits per heavy atom. The Hall–Kier alpha value is -1.61. The molecule has 0 radical (unpaired) electrons. The number of benzene rings is 2. The normalized spacial score (nSPS) is 10.2. The molecule has 0 fully saturated rings. The maximum Gasteiger partial charge on any atom is 0.119 e. The van der Waals surface area contributed by atoms with E-state index in [2.05, 4.69) is 12.1 Å². The van der Waals surface area contributed by atoms with Gasteiger partial charge in [-0.1, -0.05) is 18.2 Å². The van der Waals surface area contributed by atoms with Crippen molar-refractivity contribution >= 4 is 17.4 Å². The van der Waals surface area contributed by atoms with Crippen molar-refractivity contribution in [2.75, 3.05) is 18.1 Å². The summed E-state index contributed by atoms with van der Waals surface area (Å²) < 4.78 is 5.63. The van der Waals surface area contributed by atoms with Crippen LogP contribution in [-0.4, -0.2) is 12.4 Å². The molecule has 2 rings (SSSR count). The summed E-state index contributed by atoms with van der Waals surface area (Å²) in [6.45, 7) is 0.756. The molecule has 2 nitrogen and oxygen atoms in total. The number of hydrogen-bond acceptors (Lipinski definition) is 3. The Bertz CT molecular complexity index is 456. The van der Waals surface area contributed by atoms with Crippen molar-refractivity contribution < 1.29 is 4.74 Å². The lowest BCUT2D eigenvalue weighted by atomic mass is 10.3. The third-order valence-corrected chi connectivity index (χ3v) is 3.55. The quantitative estimate of drug-likeness (QED) is 0.486. The van der Waals surface area contributed by atoms with Crippen LogP contribution in [0.4, 0.5) is 5.69 Å². The second kappa shape index (κ2) is 6.97. The number of hydrogen-bond donors (Lipinski definition) is 1. The molecule has 0 aliphatic heterocycles. The van der Waals surface area contributed by atoms with Crippen LogP contribution in [0.25, 0.3) is 0 Å². The summed E-state index contributed by atoms with van der Waals surface area (Å²) in [5, 5.41) is 0. The van der Waals surface area contributed by atoms with Gasteiger partial charge in [0, 0.05) is 16.3 Å². The molecule has 0 atom stereocenters. The molecular formula is C15H17NOS. The van der Waals surface area contributed by atoms with Crippen LogP contribution in [0.15, 0.2) is 59.5 Å². The van der Waals surface area contributed by atoms with Gasteiger partial charge in [0.1, 0.15) is 5.75 Å². The fourth-order valence-corrected chi connectivity index (χ4v) is 2.35. The Morgan fingerprint density at radius 3 is 2.39 bits per heavy atom. The fourth-order valence-electron chi connectivity index (χ4n) is 1.52. The molecule has 0 bridgehead atoms. The third-order valence-electron chi connectivity index (χ3n) is 2.45. The van der Waals surface area contributed by atoms with Crippen molar-refractivity contribution in [2.24, 2.45) is 0 Å². The molecule has 3 heteroatoms. The molecule has 0 amide bonds. The third kappa shape index (κ3) is 4.34. The summed E-state index contributed by atoms with van der Waals surface area (Å²) in [6, 6.07) is 17.9. The van der Waals surface area contributed by atoms with Gasteiger partial charge < -0.3 is 10.5 Å². The van der Waals surface area contributed by atoms with Crippen molar-refractivity contribution in [3.63, 3.8) is 0 Å². The van der Waals surface area contributed by atoms with Gasteiger partial charge in [-0.2, -0.15) is 0 Å². The summed E-state index contributed by atoms with van der Waals surface area (Å²) in [5.41, 5.74) is 6.45. The van der Waals surface area contributed by atoms with Crippen molar-refractivity contribution in [2.45, 2.75) is 11.3 Å². The van der Waals surface area contributed by atoms with Crippen molar-refractivity contribution in [1.82, 2.24) is 0 Å². The zero-order valence-electron chi connectivity index (χ0n) is 10.2. The molecule has 2 aromatic carbocycles. The van der Waals surface area contributed by atoms with Crippen molar-refractivity contribution in [1.29, 1.82) is 0 Å². The molecule has 0 saturated carbocycles. The van der Waals surface area contributed by atoms with E-state index in [0.717, 1.165) is 30.2 Å². The van der Waals surface area contributed by atoms with E-state index in [1.54, 1.807) is 0 Å². The van der Waals surface area contributed by atoms with E-state index in [4.69, 9.17) is 10.5 Å². The largest absolute Gasteiger partial charge is 0.494 e. The smallest absolute Gasteiger partial charge is 0.119 e. The lowest BCUT2D eigenvalue weighted by Crippen LogP contribution is -1.98. The highest BCUT2D eigenvalue weighted by Crippen LogP contribution is 2.20. The number of nitrogen functional groups attached to an aromatic ring is 1. The molecule has 0 spiro atoms. The second-order valence-electron chi connectivity index (χ2n) is 3.93. The lowest BCUT2D eigenvalue weighted by molar-refractivity contribution is 0.319. The standard InChI is InChI=1S/C15H17NOS/c16-13-7-9-15(10-8-13)18-12-4-11-17-14-5-2-1-3-6-14/h1-3,5-10H,4,11-12,16H2.